The van der Waals surface area contributed by atoms with Crippen LogP contribution in [0.5, 0.6) is 0 Å². The number of nitrogens with one attached hydrogen (secondary N) is 1. The molecule has 2 atom stereocenters. The molecule has 2 amide bonds. The predicted octanol–water partition coefficient (Wildman–Crippen LogP) is -0.728. The number of carbonyl (C=O) groups excluding carboxylic acids is 1. The highest BCUT2D eigenvalue weighted by atomic mass is 16.3. The third-order valence-electron chi connectivity index (χ3n) is 2.45. The molecule has 0 saturated carbocycles. The van der Waals surface area contributed by atoms with Crippen molar-refractivity contribution in [3.05, 3.63) is 0 Å². The number of nitrogens with two attached hydrogens (primary N) is 1. The Morgan fingerprint density at radius 3 is 3.00 bits per heavy atom. The number of nitrogens with zero attached hydrogens (tertiary/aromatic N) is 1. The second kappa shape index (κ2) is 3.73. The highest BCUT2D eigenvalue weighted by Crippen LogP contribution is 2.22. The molecular formula is C7H15N3O2. The number of hydrazine groups is 1. The maximum atomic E-state index is 11.1. The molecule has 0 aromatic heterocycles. The summed E-state index contributed by atoms with van der Waals surface area (Å²) in [4.78, 5) is 12.7. The summed E-state index contributed by atoms with van der Waals surface area (Å²) in [5.41, 5.74) is 2.07. The van der Waals surface area contributed by atoms with Gasteiger partial charge in [0.05, 0.1) is 12.6 Å². The number of rotatable bonds is 1. The fourth-order valence-electron chi connectivity index (χ4n) is 1.62. The largest absolute Gasteiger partial charge is 0.394 e. The van der Waals surface area contributed by atoms with Gasteiger partial charge in [0.1, 0.15) is 0 Å². The molecule has 2 unspecified atom stereocenters. The van der Waals surface area contributed by atoms with E-state index in [1.54, 1.807) is 4.90 Å². The van der Waals surface area contributed by atoms with Crippen molar-refractivity contribution in [1.29, 1.82) is 0 Å². The van der Waals surface area contributed by atoms with Crippen LogP contribution in [-0.4, -0.2) is 35.2 Å². The van der Waals surface area contributed by atoms with Gasteiger partial charge in [-0.1, -0.05) is 6.92 Å². The zero-order chi connectivity index (χ0) is 9.14. The Morgan fingerprint density at radius 2 is 2.50 bits per heavy atom. The number of likely N-dealkylation sites (tertiary alicyclic amines) is 1. The number of carbonyl (C=O) groups is 1. The van der Waals surface area contributed by atoms with Crippen molar-refractivity contribution in [3.8, 4) is 0 Å². The van der Waals surface area contributed by atoms with Crippen LogP contribution in [0.1, 0.15) is 13.3 Å². The lowest BCUT2D eigenvalue weighted by Gasteiger charge is -2.24. The van der Waals surface area contributed by atoms with Gasteiger partial charge in [0.2, 0.25) is 0 Å². The lowest BCUT2D eigenvalue weighted by atomic mass is 10.0. The Morgan fingerprint density at radius 1 is 1.83 bits per heavy atom. The molecule has 0 bridgehead atoms. The lowest BCUT2D eigenvalue weighted by Crippen LogP contribution is -2.47. The van der Waals surface area contributed by atoms with Gasteiger partial charge in [-0.3, -0.25) is 5.43 Å². The molecule has 1 rings (SSSR count). The van der Waals surface area contributed by atoms with Gasteiger partial charge in [-0.25, -0.2) is 10.6 Å². The fourth-order valence-corrected chi connectivity index (χ4v) is 1.62. The Balaban J connectivity index is 2.60. The van der Waals surface area contributed by atoms with Crippen molar-refractivity contribution in [2.45, 2.75) is 19.4 Å². The van der Waals surface area contributed by atoms with Crippen molar-refractivity contribution in [2.75, 3.05) is 13.2 Å². The minimum absolute atomic E-state index is 0.00852. The SMILES string of the molecule is CC1CCN(C(=O)NN)C1CO. The Kier molecular flexibility index (Phi) is 2.88. The van der Waals surface area contributed by atoms with Crippen LogP contribution < -0.4 is 11.3 Å². The van der Waals surface area contributed by atoms with Crippen LogP contribution >= 0.6 is 0 Å². The zero-order valence-electron chi connectivity index (χ0n) is 7.16. The maximum absolute atomic E-state index is 11.1. The molecule has 1 fully saturated rings. The highest BCUT2D eigenvalue weighted by Gasteiger charge is 2.33. The maximum Gasteiger partial charge on any atom is 0.331 e. The average Bonchev–Trinajstić information content (AvgIpc) is 2.45. The molecule has 70 valence electrons. The first kappa shape index (κ1) is 9.28. The molecule has 0 aromatic rings. The van der Waals surface area contributed by atoms with E-state index in [0.717, 1.165) is 6.42 Å². The first-order chi connectivity index (χ1) is 5.70. The molecule has 12 heavy (non-hydrogen) atoms. The second-order valence-electron chi connectivity index (χ2n) is 3.16. The minimum Gasteiger partial charge on any atom is -0.394 e. The first-order valence-electron chi connectivity index (χ1n) is 4.08. The molecule has 0 aromatic carbocycles. The van der Waals surface area contributed by atoms with Crippen molar-refractivity contribution >= 4 is 6.03 Å². The molecule has 1 heterocycles. The van der Waals surface area contributed by atoms with Crippen LogP contribution in [0.15, 0.2) is 0 Å². The number of urea groups is 1. The van der Waals surface area contributed by atoms with Gasteiger partial charge in [-0.05, 0) is 12.3 Å². The second-order valence-corrected chi connectivity index (χ2v) is 3.16. The van der Waals surface area contributed by atoms with Crippen molar-refractivity contribution < 1.29 is 9.90 Å². The molecule has 0 spiro atoms. The van der Waals surface area contributed by atoms with E-state index in [1.807, 2.05) is 6.92 Å². The van der Waals surface area contributed by atoms with Gasteiger partial charge in [-0.2, -0.15) is 0 Å². The van der Waals surface area contributed by atoms with E-state index >= 15 is 0 Å². The number of aliphatic hydroxyl groups excluding tert-OH is 1. The fraction of sp³-hybridized carbons (Fsp3) is 0.857. The first-order valence-corrected chi connectivity index (χ1v) is 4.08. The number of amides is 2. The van der Waals surface area contributed by atoms with Gasteiger partial charge >= 0.3 is 6.03 Å². The third kappa shape index (κ3) is 1.51. The van der Waals surface area contributed by atoms with E-state index < -0.39 is 0 Å². The van der Waals surface area contributed by atoms with Crippen LogP contribution in [0, 0.1) is 5.92 Å². The standard InChI is InChI=1S/C7H15N3O2/c1-5-2-3-10(6(5)4-11)7(12)9-8/h5-6,11H,2-4,8H2,1H3,(H,9,12). The van der Waals surface area contributed by atoms with Crippen LogP contribution in [0.25, 0.3) is 0 Å². The Bertz CT molecular complexity index is 174. The summed E-state index contributed by atoms with van der Waals surface area (Å²) in [7, 11) is 0. The topological polar surface area (TPSA) is 78.6 Å². The summed E-state index contributed by atoms with van der Waals surface area (Å²) in [5.74, 6) is 5.35. The van der Waals surface area contributed by atoms with Crippen molar-refractivity contribution in [3.63, 3.8) is 0 Å². The van der Waals surface area contributed by atoms with Gasteiger partial charge in [0.25, 0.3) is 0 Å². The van der Waals surface area contributed by atoms with E-state index in [1.165, 1.54) is 0 Å². The summed E-state index contributed by atoms with van der Waals surface area (Å²) in [6, 6.07) is -0.382. The summed E-state index contributed by atoms with van der Waals surface area (Å²) in [5, 5.41) is 8.99. The monoisotopic (exact) mass is 173 g/mol. The van der Waals surface area contributed by atoms with E-state index in [9.17, 15) is 4.79 Å². The lowest BCUT2D eigenvalue weighted by molar-refractivity contribution is 0.144. The molecule has 1 aliphatic heterocycles. The van der Waals surface area contributed by atoms with Crippen molar-refractivity contribution in [2.24, 2.45) is 11.8 Å². The summed E-state index contributed by atoms with van der Waals surface area (Å²) < 4.78 is 0. The van der Waals surface area contributed by atoms with Crippen LogP contribution in [0.4, 0.5) is 4.79 Å². The van der Waals surface area contributed by atoms with Gasteiger partial charge in [-0.15, -0.1) is 0 Å². The number of hydrogen-bond acceptors (Lipinski definition) is 3. The number of aliphatic hydroxyl groups is 1. The smallest absolute Gasteiger partial charge is 0.331 e. The average molecular weight is 173 g/mol. The molecule has 4 N–H and O–H groups in total. The van der Waals surface area contributed by atoms with Gasteiger partial charge in [0.15, 0.2) is 0 Å². The van der Waals surface area contributed by atoms with Crippen LogP contribution in [0.2, 0.25) is 0 Å². The molecular weight excluding hydrogens is 158 g/mol. The van der Waals surface area contributed by atoms with E-state index in [0.29, 0.717) is 12.5 Å². The molecule has 0 aliphatic carbocycles. The predicted molar refractivity (Wildman–Crippen MR) is 44.1 cm³/mol. The van der Waals surface area contributed by atoms with E-state index in [-0.39, 0.29) is 18.7 Å². The third-order valence-corrected chi connectivity index (χ3v) is 2.45. The number of hydrogen-bond donors (Lipinski definition) is 3. The molecule has 5 heteroatoms. The van der Waals surface area contributed by atoms with Crippen LogP contribution in [-0.2, 0) is 0 Å². The molecule has 5 nitrogen and oxygen atoms in total. The van der Waals surface area contributed by atoms with Gasteiger partial charge < -0.3 is 10.0 Å². The van der Waals surface area contributed by atoms with Crippen molar-refractivity contribution in [1.82, 2.24) is 10.3 Å². The molecule has 0 radical (unpaired) electrons. The molecule has 1 aliphatic rings. The van der Waals surface area contributed by atoms with Crippen LogP contribution in [0.3, 0.4) is 0 Å². The quantitative estimate of drug-likeness (QED) is 0.278. The van der Waals surface area contributed by atoms with E-state index in [4.69, 9.17) is 10.9 Å². The highest BCUT2D eigenvalue weighted by molar-refractivity contribution is 5.74. The summed E-state index contributed by atoms with van der Waals surface area (Å²) in [6.07, 6.45) is 0.929. The Labute approximate surface area is 71.5 Å². The minimum atomic E-state index is -0.307. The summed E-state index contributed by atoms with van der Waals surface area (Å²) >= 11 is 0. The van der Waals surface area contributed by atoms with Gasteiger partial charge in [0, 0.05) is 6.54 Å². The summed E-state index contributed by atoms with van der Waals surface area (Å²) in [6.45, 7) is 2.70. The zero-order valence-corrected chi connectivity index (χ0v) is 7.16. The van der Waals surface area contributed by atoms with E-state index in [2.05, 4.69) is 5.43 Å². The molecule has 1 saturated heterocycles. The normalized spacial score (nSPS) is 29.1. The Hall–Kier alpha value is -0.810.